The van der Waals surface area contributed by atoms with Crippen LogP contribution in [0.3, 0.4) is 0 Å². The van der Waals surface area contributed by atoms with Crippen LogP contribution in [-0.2, 0) is 4.74 Å². The van der Waals surface area contributed by atoms with E-state index in [1.54, 1.807) is 35.9 Å². The number of carbonyl (C=O) groups is 1. The molecule has 0 spiro atoms. The van der Waals surface area contributed by atoms with Crippen molar-refractivity contribution in [3.63, 3.8) is 0 Å². The van der Waals surface area contributed by atoms with Gasteiger partial charge in [0.15, 0.2) is 5.69 Å². The van der Waals surface area contributed by atoms with Crippen LogP contribution >= 0.6 is 11.6 Å². The minimum Gasteiger partial charge on any atom is -0.379 e. The second-order valence-electron chi connectivity index (χ2n) is 7.52. The molecular formula is C21H27ClN4O3. The van der Waals surface area contributed by atoms with Crippen molar-refractivity contribution >= 4 is 17.5 Å². The Kier molecular flexibility index (Phi) is 6.72. The van der Waals surface area contributed by atoms with Crippen LogP contribution in [0.5, 0.6) is 0 Å². The van der Waals surface area contributed by atoms with Crippen molar-refractivity contribution in [2.45, 2.75) is 32.7 Å². The first-order valence-corrected chi connectivity index (χ1v) is 10.2. The predicted molar refractivity (Wildman–Crippen MR) is 113 cm³/mol. The third kappa shape index (κ3) is 4.86. The lowest BCUT2D eigenvalue weighted by atomic mass is 9.95. The summed E-state index contributed by atoms with van der Waals surface area (Å²) in [5, 5.41) is 7.85. The zero-order valence-corrected chi connectivity index (χ0v) is 17.8. The van der Waals surface area contributed by atoms with E-state index < -0.39 is 11.3 Å². The van der Waals surface area contributed by atoms with Crippen LogP contribution < -0.4 is 10.7 Å². The molecule has 8 heteroatoms. The molecule has 0 saturated carbocycles. The summed E-state index contributed by atoms with van der Waals surface area (Å²) < 4.78 is 7.01. The molecule has 2 aromatic rings. The molecule has 1 aromatic carbocycles. The molecule has 2 heterocycles. The predicted octanol–water partition coefficient (Wildman–Crippen LogP) is 2.43. The van der Waals surface area contributed by atoms with Gasteiger partial charge in [0.05, 0.1) is 18.9 Å². The van der Waals surface area contributed by atoms with Crippen molar-refractivity contribution in [3.8, 4) is 5.69 Å². The molecule has 1 unspecified atom stereocenters. The molecule has 1 N–H and O–H groups in total. The van der Waals surface area contributed by atoms with E-state index in [-0.39, 0.29) is 11.2 Å². The van der Waals surface area contributed by atoms with Gasteiger partial charge in [0.2, 0.25) is 5.43 Å². The van der Waals surface area contributed by atoms with Crippen molar-refractivity contribution in [2.24, 2.45) is 0 Å². The van der Waals surface area contributed by atoms with Crippen molar-refractivity contribution in [1.29, 1.82) is 0 Å². The maximum absolute atomic E-state index is 12.8. The van der Waals surface area contributed by atoms with Gasteiger partial charge < -0.3 is 10.1 Å². The smallest absolute Gasteiger partial charge is 0.275 e. The Labute approximate surface area is 175 Å². The Balaban J connectivity index is 1.80. The van der Waals surface area contributed by atoms with E-state index in [4.69, 9.17) is 16.3 Å². The van der Waals surface area contributed by atoms with Crippen LogP contribution in [0.1, 0.15) is 36.5 Å². The van der Waals surface area contributed by atoms with E-state index in [9.17, 15) is 9.59 Å². The minimum atomic E-state index is -0.467. The first kappa shape index (κ1) is 21.5. The van der Waals surface area contributed by atoms with Crippen LogP contribution in [0.2, 0.25) is 5.02 Å². The Hall–Kier alpha value is -2.22. The SMILES string of the molecule is CCC(C)(CNC(=O)c1nn(-c2ccc(Cl)cc2)c(C)cc1=O)N1CCOCC1. The molecule has 0 bridgehead atoms. The summed E-state index contributed by atoms with van der Waals surface area (Å²) >= 11 is 5.95. The molecule has 1 aromatic heterocycles. The third-order valence-corrected chi connectivity index (χ3v) is 5.81. The monoisotopic (exact) mass is 418 g/mol. The molecule has 7 nitrogen and oxygen atoms in total. The number of nitrogens with one attached hydrogen (secondary N) is 1. The largest absolute Gasteiger partial charge is 0.379 e. The molecule has 156 valence electrons. The van der Waals surface area contributed by atoms with Crippen molar-refractivity contribution in [2.75, 3.05) is 32.8 Å². The van der Waals surface area contributed by atoms with Crippen molar-refractivity contribution in [1.82, 2.24) is 20.0 Å². The van der Waals surface area contributed by atoms with E-state index in [0.717, 1.165) is 25.2 Å². The fourth-order valence-corrected chi connectivity index (χ4v) is 3.59. The zero-order valence-electron chi connectivity index (χ0n) is 17.1. The number of halogens is 1. The summed E-state index contributed by atoms with van der Waals surface area (Å²) in [4.78, 5) is 27.6. The highest BCUT2D eigenvalue weighted by Gasteiger charge is 2.32. The van der Waals surface area contributed by atoms with Crippen LogP contribution in [0.15, 0.2) is 35.1 Å². The standard InChI is InChI=1S/C21H27ClN4O3/c1-4-21(3,25-9-11-29-12-10-25)14-23-20(28)19-18(27)13-15(2)26(24-19)17-7-5-16(22)6-8-17/h5-8,13H,4,9-12,14H2,1-3H3,(H,23,28). The molecule has 1 aliphatic rings. The molecule has 3 rings (SSSR count). The van der Waals surface area contributed by atoms with E-state index >= 15 is 0 Å². The lowest BCUT2D eigenvalue weighted by molar-refractivity contribution is -0.0169. The number of amides is 1. The number of nitrogens with zero attached hydrogens (tertiary/aromatic N) is 3. The summed E-state index contributed by atoms with van der Waals surface area (Å²) in [6, 6.07) is 8.50. The molecule has 1 atom stereocenters. The van der Waals surface area contributed by atoms with E-state index in [2.05, 4.69) is 29.2 Å². The Morgan fingerprint density at radius 3 is 2.55 bits per heavy atom. The van der Waals surface area contributed by atoms with Gasteiger partial charge in [-0.2, -0.15) is 5.10 Å². The average Bonchev–Trinajstić information content (AvgIpc) is 2.73. The van der Waals surface area contributed by atoms with E-state index in [1.165, 1.54) is 6.07 Å². The maximum Gasteiger partial charge on any atom is 0.275 e. The van der Waals surface area contributed by atoms with Gasteiger partial charge in [-0.05, 0) is 44.5 Å². The number of hydrogen-bond donors (Lipinski definition) is 1. The van der Waals surface area contributed by atoms with E-state index in [1.807, 2.05) is 0 Å². The Morgan fingerprint density at radius 1 is 1.28 bits per heavy atom. The summed E-state index contributed by atoms with van der Waals surface area (Å²) in [5.74, 6) is -0.467. The van der Waals surface area contributed by atoms with Crippen LogP contribution in [-0.4, -0.2) is 59.0 Å². The number of morpholine rings is 1. The highest BCUT2D eigenvalue weighted by molar-refractivity contribution is 6.30. The molecule has 0 aliphatic carbocycles. The van der Waals surface area contributed by atoms with Gasteiger partial charge in [-0.15, -0.1) is 0 Å². The average molecular weight is 419 g/mol. The van der Waals surface area contributed by atoms with Crippen LogP contribution in [0, 0.1) is 6.92 Å². The number of carbonyl (C=O) groups excluding carboxylic acids is 1. The number of aryl methyl sites for hydroxylation is 1. The molecule has 29 heavy (non-hydrogen) atoms. The van der Waals surface area contributed by atoms with Crippen molar-refractivity contribution in [3.05, 3.63) is 57.0 Å². The van der Waals surface area contributed by atoms with Gasteiger partial charge in [0, 0.05) is 42.0 Å². The Bertz CT molecular complexity index is 923. The van der Waals surface area contributed by atoms with Gasteiger partial charge >= 0.3 is 0 Å². The van der Waals surface area contributed by atoms with E-state index in [0.29, 0.717) is 30.5 Å². The molecule has 0 radical (unpaired) electrons. The first-order valence-electron chi connectivity index (χ1n) is 9.82. The summed E-state index contributed by atoms with van der Waals surface area (Å²) in [5.41, 5.74) is 0.647. The molecule has 1 amide bonds. The van der Waals surface area contributed by atoms with Crippen LogP contribution in [0.25, 0.3) is 5.69 Å². The number of ether oxygens (including phenoxy) is 1. The number of aromatic nitrogens is 2. The summed E-state index contributed by atoms with van der Waals surface area (Å²) in [7, 11) is 0. The topological polar surface area (TPSA) is 76.5 Å². The van der Waals surface area contributed by atoms with Gasteiger partial charge in [0.1, 0.15) is 0 Å². The molecular weight excluding hydrogens is 392 g/mol. The second-order valence-corrected chi connectivity index (χ2v) is 7.96. The minimum absolute atomic E-state index is 0.119. The normalized spacial score (nSPS) is 17.0. The number of hydrogen-bond acceptors (Lipinski definition) is 5. The van der Waals surface area contributed by atoms with Gasteiger partial charge in [-0.3, -0.25) is 14.5 Å². The summed E-state index contributed by atoms with van der Waals surface area (Å²) in [6.45, 7) is 9.45. The zero-order chi connectivity index (χ0) is 21.0. The Morgan fingerprint density at radius 2 is 1.93 bits per heavy atom. The quantitative estimate of drug-likeness (QED) is 0.779. The van der Waals surface area contributed by atoms with Gasteiger partial charge in [-0.25, -0.2) is 4.68 Å². The third-order valence-electron chi connectivity index (χ3n) is 5.56. The number of rotatable bonds is 6. The first-order chi connectivity index (χ1) is 13.8. The lowest BCUT2D eigenvalue weighted by Gasteiger charge is -2.43. The maximum atomic E-state index is 12.8. The highest BCUT2D eigenvalue weighted by atomic mass is 35.5. The summed E-state index contributed by atoms with van der Waals surface area (Å²) in [6.07, 6.45) is 0.865. The van der Waals surface area contributed by atoms with Gasteiger partial charge in [0.25, 0.3) is 5.91 Å². The van der Waals surface area contributed by atoms with Crippen LogP contribution in [0.4, 0.5) is 0 Å². The fourth-order valence-electron chi connectivity index (χ4n) is 3.47. The molecule has 1 aliphatic heterocycles. The lowest BCUT2D eigenvalue weighted by Crippen LogP contribution is -2.57. The highest BCUT2D eigenvalue weighted by Crippen LogP contribution is 2.20. The number of benzene rings is 1. The molecule has 1 saturated heterocycles. The molecule has 1 fully saturated rings. The van der Waals surface area contributed by atoms with Gasteiger partial charge in [-0.1, -0.05) is 18.5 Å². The van der Waals surface area contributed by atoms with Crippen molar-refractivity contribution < 1.29 is 9.53 Å². The fraction of sp³-hybridized carbons (Fsp3) is 0.476. The second kappa shape index (κ2) is 9.07.